The SMILES string of the molecule is Cc1ccc(C)c(N2C(=O)NC(=O)/C(=C\c3ccco3)C2=O)c1. The van der Waals surface area contributed by atoms with Crippen LogP contribution in [0, 0.1) is 13.8 Å². The van der Waals surface area contributed by atoms with Crippen LogP contribution in [0.25, 0.3) is 6.08 Å². The average Bonchev–Trinajstić information content (AvgIpc) is 3.00. The van der Waals surface area contributed by atoms with E-state index in [4.69, 9.17) is 4.42 Å². The molecule has 1 aromatic heterocycles. The zero-order chi connectivity index (χ0) is 16.6. The summed E-state index contributed by atoms with van der Waals surface area (Å²) in [5.74, 6) is -1.06. The minimum Gasteiger partial charge on any atom is -0.465 e. The molecule has 6 nitrogen and oxygen atoms in total. The number of carbonyl (C=O) groups is 3. The Bertz CT molecular complexity index is 834. The number of nitrogens with zero attached hydrogens (tertiary/aromatic N) is 1. The highest BCUT2D eigenvalue weighted by Crippen LogP contribution is 2.26. The molecule has 0 spiro atoms. The van der Waals surface area contributed by atoms with Crippen LogP contribution < -0.4 is 10.2 Å². The fourth-order valence-electron chi connectivity index (χ4n) is 2.35. The van der Waals surface area contributed by atoms with Crippen LogP contribution in [0.1, 0.15) is 16.9 Å². The molecule has 2 heterocycles. The van der Waals surface area contributed by atoms with Crippen LogP contribution in [0.3, 0.4) is 0 Å². The minimum atomic E-state index is -0.759. The molecule has 1 aliphatic heterocycles. The van der Waals surface area contributed by atoms with Crippen molar-refractivity contribution in [3.63, 3.8) is 0 Å². The molecule has 1 fully saturated rings. The van der Waals surface area contributed by atoms with E-state index in [1.807, 2.05) is 19.1 Å². The van der Waals surface area contributed by atoms with Crippen molar-refractivity contribution in [2.24, 2.45) is 0 Å². The third-order valence-corrected chi connectivity index (χ3v) is 3.54. The topological polar surface area (TPSA) is 79.6 Å². The molecule has 0 aliphatic carbocycles. The van der Waals surface area contributed by atoms with Crippen LogP contribution >= 0.6 is 0 Å². The Labute approximate surface area is 132 Å². The molecule has 1 aromatic carbocycles. The molecule has 1 N–H and O–H groups in total. The molecule has 1 aliphatic rings. The summed E-state index contributed by atoms with van der Waals surface area (Å²) in [6.45, 7) is 3.65. The van der Waals surface area contributed by atoms with Gasteiger partial charge in [-0.05, 0) is 49.2 Å². The third-order valence-electron chi connectivity index (χ3n) is 3.54. The number of hydrogen-bond acceptors (Lipinski definition) is 4. The summed E-state index contributed by atoms with van der Waals surface area (Å²) in [6, 6.07) is 7.93. The molecule has 6 heteroatoms. The van der Waals surface area contributed by atoms with Gasteiger partial charge in [0.25, 0.3) is 11.8 Å². The van der Waals surface area contributed by atoms with E-state index in [-0.39, 0.29) is 5.57 Å². The van der Waals surface area contributed by atoms with E-state index in [1.165, 1.54) is 12.3 Å². The molecule has 0 saturated carbocycles. The maximum atomic E-state index is 12.7. The number of rotatable bonds is 2. The number of hydrogen-bond donors (Lipinski definition) is 1. The average molecular weight is 310 g/mol. The Balaban J connectivity index is 2.07. The van der Waals surface area contributed by atoms with Crippen LogP contribution in [-0.4, -0.2) is 17.8 Å². The van der Waals surface area contributed by atoms with Crippen molar-refractivity contribution in [1.29, 1.82) is 0 Å². The van der Waals surface area contributed by atoms with Gasteiger partial charge in [-0.1, -0.05) is 12.1 Å². The largest absolute Gasteiger partial charge is 0.465 e. The number of amides is 4. The Morgan fingerprint density at radius 1 is 1.13 bits per heavy atom. The van der Waals surface area contributed by atoms with Gasteiger partial charge in [0.05, 0.1) is 12.0 Å². The van der Waals surface area contributed by atoms with Crippen molar-refractivity contribution < 1.29 is 18.8 Å². The van der Waals surface area contributed by atoms with Crippen LogP contribution in [0.5, 0.6) is 0 Å². The number of imide groups is 2. The lowest BCUT2D eigenvalue weighted by Gasteiger charge is -2.27. The summed E-state index contributed by atoms with van der Waals surface area (Å²) in [6.07, 6.45) is 2.76. The third kappa shape index (κ3) is 2.66. The number of nitrogens with one attached hydrogen (secondary N) is 1. The summed E-state index contributed by atoms with van der Waals surface area (Å²) in [5, 5.41) is 2.18. The van der Waals surface area contributed by atoms with Crippen molar-refractivity contribution >= 4 is 29.6 Å². The lowest BCUT2D eigenvalue weighted by atomic mass is 10.1. The van der Waals surface area contributed by atoms with Crippen LogP contribution in [0.4, 0.5) is 10.5 Å². The summed E-state index contributed by atoms with van der Waals surface area (Å²) >= 11 is 0. The lowest BCUT2D eigenvalue weighted by Crippen LogP contribution is -2.54. The number of anilines is 1. The van der Waals surface area contributed by atoms with Gasteiger partial charge in [-0.2, -0.15) is 0 Å². The first-order chi connectivity index (χ1) is 11.0. The lowest BCUT2D eigenvalue weighted by molar-refractivity contribution is -0.122. The maximum Gasteiger partial charge on any atom is 0.335 e. The van der Waals surface area contributed by atoms with E-state index in [2.05, 4.69) is 5.32 Å². The first-order valence-corrected chi connectivity index (χ1v) is 6.99. The fraction of sp³-hybridized carbons (Fsp3) is 0.118. The highest BCUT2D eigenvalue weighted by molar-refractivity contribution is 6.39. The first kappa shape index (κ1) is 14.8. The molecule has 2 aromatic rings. The van der Waals surface area contributed by atoms with Crippen LogP contribution in [0.15, 0.2) is 46.6 Å². The summed E-state index contributed by atoms with van der Waals surface area (Å²) in [5.41, 5.74) is 1.95. The van der Waals surface area contributed by atoms with Gasteiger partial charge in [0.15, 0.2) is 0 Å². The second-order valence-corrected chi connectivity index (χ2v) is 5.26. The molecule has 23 heavy (non-hydrogen) atoms. The summed E-state index contributed by atoms with van der Waals surface area (Å²) < 4.78 is 5.13. The van der Waals surface area contributed by atoms with Gasteiger partial charge < -0.3 is 4.42 Å². The second kappa shape index (κ2) is 5.57. The maximum absolute atomic E-state index is 12.7. The number of benzene rings is 1. The van der Waals surface area contributed by atoms with Gasteiger partial charge in [-0.15, -0.1) is 0 Å². The molecule has 116 valence electrons. The van der Waals surface area contributed by atoms with Crippen molar-refractivity contribution in [3.05, 3.63) is 59.1 Å². The molecule has 0 bridgehead atoms. The number of aryl methyl sites for hydroxylation is 2. The number of carbonyl (C=O) groups excluding carboxylic acids is 3. The molecular formula is C17H14N2O4. The quantitative estimate of drug-likeness (QED) is 0.683. The van der Waals surface area contributed by atoms with Gasteiger partial charge in [0, 0.05) is 0 Å². The number of urea groups is 1. The monoisotopic (exact) mass is 310 g/mol. The Kier molecular flexibility index (Phi) is 3.57. The van der Waals surface area contributed by atoms with Crippen molar-refractivity contribution in [2.75, 3.05) is 4.90 Å². The van der Waals surface area contributed by atoms with E-state index >= 15 is 0 Å². The molecular weight excluding hydrogens is 296 g/mol. The van der Waals surface area contributed by atoms with Crippen LogP contribution in [-0.2, 0) is 9.59 Å². The molecule has 4 amide bonds. The van der Waals surface area contributed by atoms with Gasteiger partial charge >= 0.3 is 6.03 Å². The van der Waals surface area contributed by atoms with Gasteiger partial charge in [0.1, 0.15) is 11.3 Å². The predicted octanol–water partition coefficient (Wildman–Crippen LogP) is 2.56. The Morgan fingerprint density at radius 3 is 2.61 bits per heavy atom. The standard InChI is InChI=1S/C17H14N2O4/c1-10-5-6-11(2)14(8-10)19-16(21)13(15(20)18-17(19)22)9-12-4-3-7-23-12/h3-9H,1-2H3,(H,18,20,22)/b13-9+. The zero-order valence-electron chi connectivity index (χ0n) is 12.6. The molecule has 1 saturated heterocycles. The summed E-state index contributed by atoms with van der Waals surface area (Å²) in [4.78, 5) is 37.8. The van der Waals surface area contributed by atoms with E-state index in [1.54, 1.807) is 25.1 Å². The number of barbiturate groups is 1. The molecule has 0 radical (unpaired) electrons. The van der Waals surface area contributed by atoms with E-state index in [0.717, 1.165) is 16.0 Å². The molecule has 0 atom stereocenters. The predicted molar refractivity (Wildman–Crippen MR) is 83.6 cm³/mol. The smallest absolute Gasteiger partial charge is 0.335 e. The second-order valence-electron chi connectivity index (χ2n) is 5.26. The van der Waals surface area contributed by atoms with Crippen molar-refractivity contribution in [1.82, 2.24) is 5.32 Å². The first-order valence-electron chi connectivity index (χ1n) is 6.99. The fourth-order valence-corrected chi connectivity index (χ4v) is 2.35. The van der Waals surface area contributed by atoms with Crippen molar-refractivity contribution in [3.8, 4) is 0 Å². The summed E-state index contributed by atoms with van der Waals surface area (Å²) in [7, 11) is 0. The van der Waals surface area contributed by atoms with Crippen LogP contribution in [0.2, 0.25) is 0 Å². The zero-order valence-corrected chi connectivity index (χ0v) is 12.6. The highest BCUT2D eigenvalue weighted by atomic mass is 16.3. The Hall–Kier alpha value is -3.15. The molecule has 0 unspecified atom stereocenters. The number of furan rings is 1. The normalized spacial score (nSPS) is 16.9. The van der Waals surface area contributed by atoms with Crippen molar-refractivity contribution in [2.45, 2.75) is 13.8 Å². The van der Waals surface area contributed by atoms with Gasteiger partial charge in [0.2, 0.25) is 0 Å². The highest BCUT2D eigenvalue weighted by Gasteiger charge is 2.37. The van der Waals surface area contributed by atoms with Gasteiger partial charge in [-0.3, -0.25) is 14.9 Å². The Morgan fingerprint density at radius 2 is 1.91 bits per heavy atom. The van der Waals surface area contributed by atoms with E-state index < -0.39 is 17.8 Å². The van der Waals surface area contributed by atoms with Gasteiger partial charge in [-0.25, -0.2) is 9.69 Å². The van der Waals surface area contributed by atoms with E-state index in [0.29, 0.717) is 11.4 Å². The molecule has 3 rings (SSSR count). The van der Waals surface area contributed by atoms with E-state index in [9.17, 15) is 14.4 Å². The minimum absolute atomic E-state index is 0.152.